The summed E-state index contributed by atoms with van der Waals surface area (Å²) in [5.41, 5.74) is 0.0623. The quantitative estimate of drug-likeness (QED) is 0.540. The van der Waals surface area contributed by atoms with Gasteiger partial charge in [0.1, 0.15) is 24.9 Å². The van der Waals surface area contributed by atoms with Gasteiger partial charge in [-0.2, -0.15) is 0 Å². The number of fused-ring (bicyclic) bond motifs is 5. The minimum Gasteiger partial charge on any atom is -0.465 e. The molecular formula is C13H18O5. The molecule has 0 N–H and O–H groups in total. The summed E-state index contributed by atoms with van der Waals surface area (Å²) in [6.07, 6.45) is 2.25. The second-order valence-corrected chi connectivity index (χ2v) is 6.00. The molecule has 0 saturated carbocycles. The number of carbonyl (C=O) groups is 1. The van der Waals surface area contributed by atoms with Crippen LogP contribution in [0, 0.1) is 11.3 Å². The molecule has 2 bridgehead atoms. The zero-order valence-electron chi connectivity index (χ0n) is 10.5. The summed E-state index contributed by atoms with van der Waals surface area (Å²) in [6, 6.07) is 0. The highest BCUT2D eigenvalue weighted by molar-refractivity contribution is 5.74. The maximum absolute atomic E-state index is 12.1. The average molecular weight is 254 g/mol. The molecule has 4 fully saturated rings. The molecule has 0 aromatic heterocycles. The number of hydrogen-bond acceptors (Lipinski definition) is 5. The molecule has 5 nitrogen and oxygen atoms in total. The second kappa shape index (κ2) is 3.68. The predicted octanol–water partition coefficient (Wildman–Crippen LogP) is 0.511. The molecule has 4 rings (SSSR count). The van der Waals surface area contributed by atoms with Crippen molar-refractivity contribution < 1.29 is 23.7 Å². The highest BCUT2D eigenvalue weighted by atomic mass is 16.7. The lowest BCUT2D eigenvalue weighted by Crippen LogP contribution is -2.47. The Bertz CT molecular complexity index is 372. The van der Waals surface area contributed by atoms with Gasteiger partial charge in [-0.05, 0) is 12.8 Å². The van der Waals surface area contributed by atoms with Crippen LogP contribution < -0.4 is 0 Å². The molecule has 5 unspecified atom stereocenters. The molecule has 0 aromatic carbocycles. The number of carbonyl (C=O) groups excluding carboxylic acids is 1. The summed E-state index contributed by atoms with van der Waals surface area (Å²) in [5.74, 6) is -0.232. The average Bonchev–Trinajstić information content (AvgIpc) is 2.93. The Morgan fingerprint density at radius 1 is 1.28 bits per heavy atom. The van der Waals surface area contributed by atoms with Crippen LogP contribution in [0.1, 0.15) is 19.8 Å². The second-order valence-electron chi connectivity index (χ2n) is 6.00. The van der Waals surface area contributed by atoms with E-state index in [2.05, 4.69) is 6.92 Å². The molecule has 4 aliphatic heterocycles. The molecular weight excluding hydrogens is 236 g/mol. The van der Waals surface area contributed by atoms with Crippen LogP contribution in [0.2, 0.25) is 0 Å². The number of rotatable bonds is 4. The summed E-state index contributed by atoms with van der Waals surface area (Å²) in [4.78, 5) is 12.1. The van der Waals surface area contributed by atoms with Crippen molar-refractivity contribution in [2.24, 2.45) is 11.3 Å². The predicted molar refractivity (Wildman–Crippen MR) is 59.9 cm³/mol. The first-order chi connectivity index (χ1) is 8.72. The van der Waals surface area contributed by atoms with Crippen LogP contribution in [0.5, 0.6) is 0 Å². The highest BCUT2D eigenvalue weighted by Gasteiger charge is 2.66. The molecule has 18 heavy (non-hydrogen) atoms. The number of epoxide rings is 1. The third-order valence-corrected chi connectivity index (χ3v) is 4.86. The molecule has 4 heterocycles. The lowest BCUT2D eigenvalue weighted by molar-refractivity contribution is -0.175. The Morgan fingerprint density at radius 2 is 2.11 bits per heavy atom. The fraction of sp³-hybridized carbons (Fsp3) is 0.923. The number of esters is 1. The zero-order chi connectivity index (χ0) is 12.3. The van der Waals surface area contributed by atoms with E-state index >= 15 is 0 Å². The van der Waals surface area contributed by atoms with Crippen molar-refractivity contribution in [3.63, 3.8) is 0 Å². The highest BCUT2D eigenvalue weighted by Crippen LogP contribution is 2.51. The van der Waals surface area contributed by atoms with Gasteiger partial charge in [-0.25, -0.2) is 0 Å². The maximum atomic E-state index is 12.1. The van der Waals surface area contributed by atoms with Crippen molar-refractivity contribution in [3.05, 3.63) is 0 Å². The van der Waals surface area contributed by atoms with E-state index in [9.17, 15) is 4.79 Å². The van der Waals surface area contributed by atoms with Crippen molar-refractivity contribution in [3.8, 4) is 0 Å². The first kappa shape index (κ1) is 11.2. The molecule has 4 aliphatic rings. The van der Waals surface area contributed by atoms with Gasteiger partial charge in [-0.15, -0.1) is 0 Å². The fourth-order valence-corrected chi connectivity index (χ4v) is 3.30. The van der Waals surface area contributed by atoms with Crippen molar-refractivity contribution in [2.75, 3.05) is 19.8 Å². The van der Waals surface area contributed by atoms with Gasteiger partial charge in [0.2, 0.25) is 0 Å². The lowest BCUT2D eigenvalue weighted by atomic mass is 9.84. The van der Waals surface area contributed by atoms with Gasteiger partial charge in [0, 0.05) is 0 Å². The number of hydrogen-bond donors (Lipinski definition) is 0. The van der Waals surface area contributed by atoms with E-state index in [0.717, 1.165) is 12.8 Å². The van der Waals surface area contributed by atoms with Gasteiger partial charge >= 0.3 is 5.97 Å². The third-order valence-electron chi connectivity index (χ3n) is 4.86. The topological polar surface area (TPSA) is 57.3 Å². The van der Waals surface area contributed by atoms with Crippen molar-refractivity contribution in [1.29, 1.82) is 0 Å². The van der Waals surface area contributed by atoms with E-state index in [1.165, 1.54) is 0 Å². The molecule has 5 heteroatoms. The van der Waals surface area contributed by atoms with E-state index in [-0.39, 0.29) is 41.7 Å². The largest absolute Gasteiger partial charge is 0.465 e. The van der Waals surface area contributed by atoms with Crippen LogP contribution in [0.4, 0.5) is 0 Å². The van der Waals surface area contributed by atoms with Crippen LogP contribution in [0.3, 0.4) is 0 Å². The van der Waals surface area contributed by atoms with Crippen LogP contribution >= 0.6 is 0 Å². The summed E-state index contributed by atoms with van der Waals surface area (Å²) in [5, 5.41) is 0. The van der Waals surface area contributed by atoms with E-state index in [1.54, 1.807) is 0 Å². The number of ether oxygens (including phenoxy) is 4. The Hall–Kier alpha value is -0.650. The maximum Gasteiger partial charge on any atom is 0.311 e. The molecule has 5 atom stereocenters. The van der Waals surface area contributed by atoms with Crippen LogP contribution in [-0.4, -0.2) is 50.2 Å². The van der Waals surface area contributed by atoms with Gasteiger partial charge < -0.3 is 18.9 Å². The van der Waals surface area contributed by atoms with E-state index in [1.807, 2.05) is 0 Å². The third kappa shape index (κ3) is 1.47. The smallest absolute Gasteiger partial charge is 0.311 e. The summed E-state index contributed by atoms with van der Waals surface area (Å²) >= 11 is 0. The molecule has 100 valence electrons. The van der Waals surface area contributed by atoms with E-state index in [0.29, 0.717) is 19.8 Å². The van der Waals surface area contributed by atoms with E-state index < -0.39 is 0 Å². The molecule has 0 aliphatic carbocycles. The SMILES string of the molecule is CCC1(COC(=O)C2CC3OC2C2OC32)COC1. The monoisotopic (exact) mass is 254 g/mol. The van der Waals surface area contributed by atoms with Crippen LogP contribution in [-0.2, 0) is 23.7 Å². The standard InChI is InChI=1S/C13H18O5/c1-2-13(4-15-5-13)6-16-12(14)7-3-8-10-11(18-10)9(7)17-8/h7-11H,2-6H2,1H3. The molecule has 0 aromatic rings. The first-order valence-corrected chi connectivity index (χ1v) is 6.78. The van der Waals surface area contributed by atoms with Crippen molar-refractivity contribution in [2.45, 2.75) is 44.2 Å². The molecule has 0 amide bonds. The van der Waals surface area contributed by atoms with Crippen molar-refractivity contribution in [1.82, 2.24) is 0 Å². The Morgan fingerprint density at radius 3 is 2.67 bits per heavy atom. The van der Waals surface area contributed by atoms with E-state index in [4.69, 9.17) is 18.9 Å². The van der Waals surface area contributed by atoms with Crippen molar-refractivity contribution >= 4 is 5.97 Å². The minimum atomic E-state index is -0.117. The normalized spacial score (nSPS) is 46.4. The zero-order valence-corrected chi connectivity index (χ0v) is 10.5. The molecule has 4 saturated heterocycles. The van der Waals surface area contributed by atoms with Gasteiger partial charge in [0.05, 0.1) is 30.7 Å². The Kier molecular flexibility index (Phi) is 2.29. The van der Waals surface area contributed by atoms with Gasteiger partial charge in [-0.3, -0.25) is 4.79 Å². The van der Waals surface area contributed by atoms with Crippen LogP contribution in [0.15, 0.2) is 0 Å². The lowest BCUT2D eigenvalue weighted by Gasteiger charge is -2.40. The first-order valence-electron chi connectivity index (χ1n) is 6.78. The molecule has 0 radical (unpaired) electrons. The summed E-state index contributed by atoms with van der Waals surface area (Å²) in [6.45, 7) is 4.00. The molecule has 0 spiro atoms. The minimum absolute atomic E-state index is 0.0530. The van der Waals surface area contributed by atoms with Gasteiger partial charge in [0.25, 0.3) is 0 Å². The van der Waals surface area contributed by atoms with Gasteiger partial charge in [0.15, 0.2) is 0 Å². The van der Waals surface area contributed by atoms with Gasteiger partial charge in [-0.1, -0.05) is 6.92 Å². The van der Waals surface area contributed by atoms with Crippen LogP contribution in [0.25, 0.3) is 0 Å². The fourth-order valence-electron chi connectivity index (χ4n) is 3.30. The summed E-state index contributed by atoms with van der Waals surface area (Å²) < 4.78 is 21.9. The Balaban J connectivity index is 1.34. The summed E-state index contributed by atoms with van der Waals surface area (Å²) in [7, 11) is 0. The Labute approximate surface area is 106 Å².